The summed E-state index contributed by atoms with van der Waals surface area (Å²) in [6, 6.07) is 13.4. The predicted molar refractivity (Wildman–Crippen MR) is 115 cm³/mol. The SMILES string of the molecule is O=C(Cn1nnc(-c2ccc(CN3CCOCC3)cc2)n1)Nc1ccc2c(c1)OCCO2. The van der Waals surface area contributed by atoms with Gasteiger partial charge >= 0.3 is 0 Å². The number of nitrogens with zero attached hydrogens (tertiary/aromatic N) is 5. The van der Waals surface area contributed by atoms with Crippen LogP contribution in [0.15, 0.2) is 42.5 Å². The maximum atomic E-state index is 12.4. The van der Waals surface area contributed by atoms with Crippen LogP contribution in [0.1, 0.15) is 5.56 Å². The summed E-state index contributed by atoms with van der Waals surface area (Å²) in [5.41, 5.74) is 2.70. The third kappa shape index (κ3) is 4.87. The average Bonchev–Trinajstić information content (AvgIpc) is 3.28. The van der Waals surface area contributed by atoms with Gasteiger partial charge in [0, 0.05) is 37.0 Å². The van der Waals surface area contributed by atoms with E-state index in [0.29, 0.717) is 36.2 Å². The van der Waals surface area contributed by atoms with E-state index in [0.717, 1.165) is 38.4 Å². The zero-order chi connectivity index (χ0) is 21.8. The second-order valence-corrected chi connectivity index (χ2v) is 7.64. The van der Waals surface area contributed by atoms with Crippen LogP contribution in [0.3, 0.4) is 0 Å². The van der Waals surface area contributed by atoms with E-state index in [4.69, 9.17) is 14.2 Å². The van der Waals surface area contributed by atoms with Crippen LogP contribution in [0, 0.1) is 0 Å². The van der Waals surface area contributed by atoms with E-state index in [1.165, 1.54) is 10.4 Å². The van der Waals surface area contributed by atoms with E-state index < -0.39 is 0 Å². The van der Waals surface area contributed by atoms with E-state index in [-0.39, 0.29) is 12.5 Å². The Balaban J connectivity index is 1.18. The molecule has 0 atom stereocenters. The van der Waals surface area contributed by atoms with Gasteiger partial charge in [0.1, 0.15) is 19.8 Å². The summed E-state index contributed by atoms with van der Waals surface area (Å²) in [7, 11) is 0. The topological polar surface area (TPSA) is 104 Å². The number of hydrogen-bond acceptors (Lipinski definition) is 8. The number of rotatable bonds is 6. The Hall–Kier alpha value is -3.50. The van der Waals surface area contributed by atoms with Gasteiger partial charge in [-0.05, 0) is 22.9 Å². The van der Waals surface area contributed by atoms with Gasteiger partial charge in [-0.1, -0.05) is 24.3 Å². The molecule has 1 saturated heterocycles. The van der Waals surface area contributed by atoms with Gasteiger partial charge < -0.3 is 19.5 Å². The first-order valence-electron chi connectivity index (χ1n) is 10.6. The average molecular weight is 436 g/mol. The predicted octanol–water partition coefficient (Wildman–Crippen LogP) is 1.58. The highest BCUT2D eigenvalue weighted by Gasteiger charge is 2.15. The molecule has 0 spiro atoms. The van der Waals surface area contributed by atoms with Crippen molar-refractivity contribution >= 4 is 11.6 Å². The van der Waals surface area contributed by atoms with Crippen molar-refractivity contribution in [2.75, 3.05) is 44.8 Å². The van der Waals surface area contributed by atoms with E-state index in [9.17, 15) is 4.79 Å². The molecule has 2 aliphatic rings. The number of carbonyl (C=O) groups excluding carboxylic acids is 1. The summed E-state index contributed by atoms with van der Waals surface area (Å²) >= 11 is 0. The third-order valence-electron chi connectivity index (χ3n) is 5.29. The number of benzene rings is 2. The minimum atomic E-state index is -0.258. The quantitative estimate of drug-likeness (QED) is 0.621. The highest BCUT2D eigenvalue weighted by atomic mass is 16.6. The van der Waals surface area contributed by atoms with Gasteiger partial charge in [0.05, 0.1) is 13.2 Å². The Morgan fingerprint density at radius 2 is 1.75 bits per heavy atom. The van der Waals surface area contributed by atoms with Crippen molar-refractivity contribution in [3.63, 3.8) is 0 Å². The second-order valence-electron chi connectivity index (χ2n) is 7.64. The number of tetrazole rings is 1. The number of nitrogens with one attached hydrogen (secondary N) is 1. The number of fused-ring (bicyclic) bond motifs is 1. The molecule has 3 aromatic rings. The maximum absolute atomic E-state index is 12.4. The standard InChI is InChI=1S/C22H24N6O4/c29-21(23-18-5-6-19-20(13-18)32-12-11-31-19)15-28-25-22(24-26-28)17-3-1-16(2-4-17)14-27-7-9-30-10-8-27/h1-6,13H,7-12,14-15H2,(H,23,29). The lowest BCUT2D eigenvalue weighted by Crippen LogP contribution is -2.35. The highest BCUT2D eigenvalue weighted by molar-refractivity contribution is 5.90. The van der Waals surface area contributed by atoms with Crippen molar-refractivity contribution in [2.24, 2.45) is 0 Å². The lowest BCUT2D eigenvalue weighted by Gasteiger charge is -2.26. The molecule has 1 fully saturated rings. The van der Waals surface area contributed by atoms with Gasteiger partial charge in [-0.25, -0.2) is 0 Å². The smallest absolute Gasteiger partial charge is 0.248 e. The van der Waals surface area contributed by atoms with Crippen molar-refractivity contribution in [1.82, 2.24) is 25.1 Å². The van der Waals surface area contributed by atoms with Gasteiger partial charge in [0.15, 0.2) is 11.5 Å². The Kier molecular flexibility index (Phi) is 5.95. The highest BCUT2D eigenvalue weighted by Crippen LogP contribution is 2.32. The van der Waals surface area contributed by atoms with Crippen LogP contribution in [0.5, 0.6) is 11.5 Å². The fourth-order valence-electron chi connectivity index (χ4n) is 3.65. The lowest BCUT2D eigenvalue weighted by atomic mass is 10.1. The number of ether oxygens (including phenoxy) is 3. The normalized spacial score (nSPS) is 16.0. The molecule has 32 heavy (non-hydrogen) atoms. The van der Waals surface area contributed by atoms with E-state index >= 15 is 0 Å². The van der Waals surface area contributed by atoms with Crippen molar-refractivity contribution in [1.29, 1.82) is 0 Å². The molecule has 0 aliphatic carbocycles. The Labute approximate surface area is 185 Å². The molecule has 0 radical (unpaired) electrons. The molecule has 166 valence electrons. The first-order chi connectivity index (χ1) is 15.7. The fourth-order valence-corrected chi connectivity index (χ4v) is 3.65. The molecule has 0 bridgehead atoms. The molecule has 2 aliphatic heterocycles. The van der Waals surface area contributed by atoms with E-state index in [2.05, 4.69) is 37.8 Å². The number of hydrogen-bond donors (Lipinski definition) is 1. The number of amides is 1. The number of anilines is 1. The zero-order valence-corrected chi connectivity index (χ0v) is 17.6. The van der Waals surface area contributed by atoms with Gasteiger partial charge in [-0.15, -0.1) is 10.2 Å². The summed E-state index contributed by atoms with van der Waals surface area (Å²) in [6.07, 6.45) is 0. The van der Waals surface area contributed by atoms with Crippen LogP contribution < -0.4 is 14.8 Å². The summed E-state index contributed by atoms with van der Waals surface area (Å²) in [4.78, 5) is 16.1. The van der Waals surface area contributed by atoms with Crippen LogP contribution in [0.2, 0.25) is 0 Å². The molecule has 0 saturated carbocycles. The molecule has 5 rings (SSSR count). The molecular formula is C22H24N6O4. The third-order valence-corrected chi connectivity index (χ3v) is 5.29. The van der Waals surface area contributed by atoms with Crippen LogP contribution in [0.4, 0.5) is 5.69 Å². The summed E-state index contributed by atoms with van der Waals surface area (Å²) < 4.78 is 16.4. The van der Waals surface area contributed by atoms with Crippen molar-refractivity contribution in [2.45, 2.75) is 13.1 Å². The monoisotopic (exact) mass is 436 g/mol. The van der Waals surface area contributed by atoms with Crippen LogP contribution >= 0.6 is 0 Å². The Morgan fingerprint density at radius 1 is 0.969 bits per heavy atom. The minimum Gasteiger partial charge on any atom is -0.486 e. The molecule has 0 unspecified atom stereocenters. The Morgan fingerprint density at radius 3 is 2.56 bits per heavy atom. The van der Waals surface area contributed by atoms with Gasteiger partial charge in [-0.3, -0.25) is 9.69 Å². The summed E-state index contributed by atoms with van der Waals surface area (Å²) in [5, 5.41) is 15.3. The van der Waals surface area contributed by atoms with Crippen LogP contribution in [0.25, 0.3) is 11.4 Å². The maximum Gasteiger partial charge on any atom is 0.248 e. The molecule has 1 aromatic heterocycles. The molecule has 2 aromatic carbocycles. The minimum absolute atomic E-state index is 0.0451. The van der Waals surface area contributed by atoms with Crippen molar-refractivity contribution in [3.8, 4) is 22.9 Å². The summed E-state index contributed by atoms with van der Waals surface area (Å²) in [5.74, 6) is 1.52. The molecular weight excluding hydrogens is 412 g/mol. The zero-order valence-electron chi connectivity index (χ0n) is 17.6. The fraction of sp³-hybridized carbons (Fsp3) is 0.364. The second kappa shape index (κ2) is 9.33. The van der Waals surface area contributed by atoms with Gasteiger partial charge in [0.2, 0.25) is 11.7 Å². The molecule has 1 amide bonds. The molecule has 3 heterocycles. The molecule has 10 heteroatoms. The van der Waals surface area contributed by atoms with Gasteiger partial charge in [0.25, 0.3) is 0 Å². The van der Waals surface area contributed by atoms with E-state index in [1.807, 2.05) is 12.1 Å². The Bertz CT molecular complexity index is 1080. The molecule has 10 nitrogen and oxygen atoms in total. The van der Waals surface area contributed by atoms with Gasteiger partial charge in [-0.2, -0.15) is 4.80 Å². The molecule has 1 N–H and O–H groups in total. The lowest BCUT2D eigenvalue weighted by molar-refractivity contribution is -0.117. The number of carbonyl (C=O) groups is 1. The first kappa shape index (κ1) is 20.4. The van der Waals surface area contributed by atoms with Crippen LogP contribution in [-0.4, -0.2) is 70.5 Å². The number of aromatic nitrogens is 4. The van der Waals surface area contributed by atoms with Crippen molar-refractivity contribution in [3.05, 3.63) is 48.0 Å². The van der Waals surface area contributed by atoms with Crippen molar-refractivity contribution < 1.29 is 19.0 Å². The first-order valence-corrected chi connectivity index (χ1v) is 10.6. The largest absolute Gasteiger partial charge is 0.486 e. The summed E-state index contributed by atoms with van der Waals surface area (Å²) in [6.45, 7) is 5.33. The number of morpholine rings is 1. The van der Waals surface area contributed by atoms with Crippen LogP contribution in [-0.2, 0) is 22.6 Å². The van der Waals surface area contributed by atoms with E-state index in [1.54, 1.807) is 18.2 Å².